The van der Waals surface area contributed by atoms with E-state index in [1.165, 1.54) is 0 Å². The fourth-order valence-electron chi connectivity index (χ4n) is 1.87. The highest BCUT2D eigenvalue weighted by atomic mass is 16.5. The highest BCUT2D eigenvalue weighted by molar-refractivity contribution is 4.92. The van der Waals surface area contributed by atoms with Gasteiger partial charge in [0.2, 0.25) is 11.8 Å². The van der Waals surface area contributed by atoms with Crippen molar-refractivity contribution >= 4 is 0 Å². The van der Waals surface area contributed by atoms with E-state index < -0.39 is 0 Å². The third-order valence-corrected chi connectivity index (χ3v) is 2.88. The van der Waals surface area contributed by atoms with Gasteiger partial charge in [-0.15, -0.1) is 10.2 Å². The number of likely N-dealkylation sites (N-methyl/N-ethyl adjacent to an activating group) is 1. The molecule has 1 aliphatic heterocycles. The third-order valence-electron chi connectivity index (χ3n) is 2.88. The highest BCUT2D eigenvalue weighted by Gasteiger charge is 2.30. The van der Waals surface area contributed by atoms with E-state index in [9.17, 15) is 0 Å². The lowest BCUT2D eigenvalue weighted by atomic mass is 10.0. The molecule has 1 aliphatic rings. The SMILES string of the molecule is CCNCCc1nnc(C2OCCC2C)o1. The normalized spacial score (nSPS) is 25.1. The molecule has 0 radical (unpaired) electrons. The van der Waals surface area contributed by atoms with Crippen molar-refractivity contribution in [3.8, 4) is 0 Å². The fourth-order valence-corrected chi connectivity index (χ4v) is 1.87. The van der Waals surface area contributed by atoms with Crippen LogP contribution in [-0.4, -0.2) is 29.9 Å². The molecule has 5 heteroatoms. The minimum Gasteiger partial charge on any atom is -0.422 e. The summed E-state index contributed by atoms with van der Waals surface area (Å²) in [6.07, 6.45) is 1.85. The van der Waals surface area contributed by atoms with Gasteiger partial charge < -0.3 is 14.5 Å². The average molecular weight is 225 g/mol. The summed E-state index contributed by atoms with van der Waals surface area (Å²) >= 11 is 0. The Hall–Kier alpha value is -0.940. The van der Waals surface area contributed by atoms with E-state index >= 15 is 0 Å². The van der Waals surface area contributed by atoms with Crippen LogP contribution in [0.1, 0.15) is 38.2 Å². The lowest BCUT2D eigenvalue weighted by molar-refractivity contribution is 0.0704. The Labute approximate surface area is 95.6 Å². The summed E-state index contributed by atoms with van der Waals surface area (Å²) in [4.78, 5) is 0. The molecule has 1 saturated heterocycles. The monoisotopic (exact) mass is 225 g/mol. The van der Waals surface area contributed by atoms with Crippen LogP contribution in [0.5, 0.6) is 0 Å². The minimum absolute atomic E-state index is 0.000356. The summed E-state index contributed by atoms with van der Waals surface area (Å²) < 4.78 is 11.2. The summed E-state index contributed by atoms with van der Waals surface area (Å²) in [6, 6.07) is 0. The Morgan fingerprint density at radius 1 is 1.44 bits per heavy atom. The molecule has 1 aromatic rings. The van der Waals surface area contributed by atoms with Crippen molar-refractivity contribution in [2.75, 3.05) is 19.7 Å². The largest absolute Gasteiger partial charge is 0.422 e. The average Bonchev–Trinajstić information content (AvgIpc) is 2.87. The zero-order chi connectivity index (χ0) is 11.4. The molecule has 0 spiro atoms. The fraction of sp³-hybridized carbons (Fsp3) is 0.818. The highest BCUT2D eigenvalue weighted by Crippen LogP contribution is 2.32. The molecule has 0 aliphatic carbocycles. The number of hydrogen-bond donors (Lipinski definition) is 1. The molecule has 2 rings (SSSR count). The van der Waals surface area contributed by atoms with Gasteiger partial charge in [0.05, 0.1) is 0 Å². The van der Waals surface area contributed by atoms with Crippen molar-refractivity contribution in [3.05, 3.63) is 11.8 Å². The van der Waals surface area contributed by atoms with Crippen molar-refractivity contribution < 1.29 is 9.15 Å². The van der Waals surface area contributed by atoms with Gasteiger partial charge in [0, 0.05) is 19.6 Å². The molecule has 5 nitrogen and oxygen atoms in total. The van der Waals surface area contributed by atoms with Crippen LogP contribution in [0, 0.1) is 5.92 Å². The number of aromatic nitrogens is 2. The molecule has 0 bridgehead atoms. The van der Waals surface area contributed by atoms with Crippen molar-refractivity contribution in [1.82, 2.24) is 15.5 Å². The summed E-state index contributed by atoms with van der Waals surface area (Å²) in [5.74, 6) is 1.80. The minimum atomic E-state index is 0.000356. The van der Waals surface area contributed by atoms with E-state index in [-0.39, 0.29) is 6.10 Å². The quantitative estimate of drug-likeness (QED) is 0.766. The standard InChI is InChI=1S/C11H19N3O2/c1-3-12-6-4-9-13-14-11(16-9)10-8(2)5-7-15-10/h8,10,12H,3-7H2,1-2H3. The van der Waals surface area contributed by atoms with Gasteiger partial charge in [-0.1, -0.05) is 13.8 Å². The van der Waals surface area contributed by atoms with Crippen LogP contribution in [0.25, 0.3) is 0 Å². The van der Waals surface area contributed by atoms with Crippen LogP contribution in [-0.2, 0) is 11.2 Å². The predicted octanol–water partition coefficient (Wildman–Crippen LogP) is 1.32. The van der Waals surface area contributed by atoms with E-state index in [0.29, 0.717) is 17.7 Å². The molecule has 1 aromatic heterocycles. The molecule has 0 saturated carbocycles. The van der Waals surface area contributed by atoms with Crippen LogP contribution in [0.15, 0.2) is 4.42 Å². The van der Waals surface area contributed by atoms with Crippen LogP contribution < -0.4 is 5.32 Å². The van der Waals surface area contributed by atoms with Crippen molar-refractivity contribution in [2.24, 2.45) is 5.92 Å². The predicted molar refractivity (Wildman–Crippen MR) is 59.0 cm³/mol. The zero-order valence-corrected chi connectivity index (χ0v) is 9.90. The smallest absolute Gasteiger partial charge is 0.245 e. The summed E-state index contributed by atoms with van der Waals surface area (Å²) in [7, 11) is 0. The molecular formula is C11H19N3O2. The number of hydrogen-bond acceptors (Lipinski definition) is 5. The number of nitrogens with zero attached hydrogens (tertiary/aromatic N) is 2. The molecular weight excluding hydrogens is 206 g/mol. The van der Waals surface area contributed by atoms with Crippen LogP contribution in [0.3, 0.4) is 0 Å². The van der Waals surface area contributed by atoms with Gasteiger partial charge in [-0.25, -0.2) is 0 Å². The molecule has 2 heterocycles. The summed E-state index contributed by atoms with van der Waals surface area (Å²) in [5, 5.41) is 11.3. The Morgan fingerprint density at radius 2 is 2.31 bits per heavy atom. The van der Waals surface area contributed by atoms with E-state index in [4.69, 9.17) is 9.15 Å². The molecule has 1 fully saturated rings. The van der Waals surface area contributed by atoms with E-state index in [2.05, 4.69) is 29.4 Å². The van der Waals surface area contributed by atoms with Gasteiger partial charge in [0.1, 0.15) is 6.10 Å². The van der Waals surface area contributed by atoms with E-state index in [1.54, 1.807) is 0 Å². The van der Waals surface area contributed by atoms with Gasteiger partial charge in [-0.3, -0.25) is 0 Å². The molecule has 0 amide bonds. The topological polar surface area (TPSA) is 60.2 Å². The maximum atomic E-state index is 5.60. The lowest BCUT2D eigenvalue weighted by Gasteiger charge is -2.08. The Kier molecular flexibility index (Phi) is 3.90. The number of rotatable bonds is 5. The third kappa shape index (κ3) is 2.59. The van der Waals surface area contributed by atoms with E-state index in [1.807, 2.05) is 0 Å². The zero-order valence-electron chi connectivity index (χ0n) is 9.90. The molecule has 90 valence electrons. The maximum absolute atomic E-state index is 5.60. The number of nitrogens with one attached hydrogen (secondary N) is 1. The molecule has 16 heavy (non-hydrogen) atoms. The Balaban J connectivity index is 1.91. The first-order valence-corrected chi connectivity index (χ1v) is 5.96. The van der Waals surface area contributed by atoms with Gasteiger partial charge in [-0.2, -0.15) is 0 Å². The van der Waals surface area contributed by atoms with Crippen molar-refractivity contribution in [1.29, 1.82) is 0 Å². The summed E-state index contributed by atoms with van der Waals surface area (Å²) in [6.45, 7) is 6.86. The first-order valence-electron chi connectivity index (χ1n) is 5.96. The van der Waals surface area contributed by atoms with Gasteiger partial charge >= 0.3 is 0 Å². The van der Waals surface area contributed by atoms with Crippen LogP contribution >= 0.6 is 0 Å². The second-order valence-electron chi connectivity index (χ2n) is 4.19. The second-order valence-corrected chi connectivity index (χ2v) is 4.19. The van der Waals surface area contributed by atoms with Gasteiger partial charge in [0.25, 0.3) is 0 Å². The maximum Gasteiger partial charge on any atom is 0.245 e. The first-order chi connectivity index (χ1) is 7.81. The first kappa shape index (κ1) is 11.5. The van der Waals surface area contributed by atoms with Crippen molar-refractivity contribution in [3.63, 3.8) is 0 Å². The van der Waals surface area contributed by atoms with Gasteiger partial charge in [0.15, 0.2) is 0 Å². The molecule has 2 atom stereocenters. The molecule has 2 unspecified atom stereocenters. The second kappa shape index (κ2) is 5.41. The van der Waals surface area contributed by atoms with Crippen molar-refractivity contribution in [2.45, 2.75) is 32.8 Å². The molecule has 0 aromatic carbocycles. The van der Waals surface area contributed by atoms with E-state index in [0.717, 1.165) is 32.5 Å². The van der Waals surface area contributed by atoms with Crippen LogP contribution in [0.2, 0.25) is 0 Å². The van der Waals surface area contributed by atoms with Crippen LogP contribution in [0.4, 0.5) is 0 Å². The van der Waals surface area contributed by atoms with Gasteiger partial charge in [-0.05, 0) is 18.9 Å². The Bertz CT molecular complexity index is 327. The molecule has 1 N–H and O–H groups in total. The number of ether oxygens (including phenoxy) is 1. The lowest BCUT2D eigenvalue weighted by Crippen LogP contribution is -2.16. The summed E-state index contributed by atoms with van der Waals surface area (Å²) in [5.41, 5.74) is 0. The Morgan fingerprint density at radius 3 is 3.00 bits per heavy atom.